The molecule has 4 heteroatoms. The Bertz CT molecular complexity index is 632. The van der Waals surface area contributed by atoms with Crippen molar-refractivity contribution in [2.24, 2.45) is 0 Å². The fraction of sp³-hybridized carbons (Fsp3) is 0.250. The lowest BCUT2D eigenvalue weighted by atomic mass is 10.1. The Labute approximate surface area is 122 Å². The van der Waals surface area contributed by atoms with Gasteiger partial charge in [-0.05, 0) is 42.3 Å². The predicted molar refractivity (Wildman–Crippen MR) is 77.8 cm³/mol. The molecule has 0 radical (unpaired) electrons. The summed E-state index contributed by atoms with van der Waals surface area (Å²) in [7, 11) is 0. The van der Waals surface area contributed by atoms with Gasteiger partial charge in [0.15, 0.2) is 0 Å². The van der Waals surface area contributed by atoms with E-state index in [4.69, 9.17) is 21.1 Å². The van der Waals surface area contributed by atoms with E-state index >= 15 is 0 Å². The second kappa shape index (κ2) is 5.25. The molecule has 0 aromatic heterocycles. The number of hydrogen-bond donors (Lipinski definition) is 1. The van der Waals surface area contributed by atoms with Gasteiger partial charge in [0.1, 0.15) is 23.9 Å². The van der Waals surface area contributed by atoms with E-state index in [9.17, 15) is 5.11 Å². The van der Waals surface area contributed by atoms with Gasteiger partial charge in [-0.25, -0.2) is 0 Å². The SMILES string of the molecule is Cc1cc(O)cc(OCc2cc(Cl)cc3c2OCC3)c1. The molecular weight excluding hydrogens is 276 g/mol. The highest BCUT2D eigenvalue weighted by atomic mass is 35.5. The van der Waals surface area contributed by atoms with E-state index in [2.05, 4.69) is 0 Å². The van der Waals surface area contributed by atoms with Crippen LogP contribution in [0, 0.1) is 6.92 Å². The summed E-state index contributed by atoms with van der Waals surface area (Å²) in [6.45, 7) is 2.96. The van der Waals surface area contributed by atoms with Gasteiger partial charge < -0.3 is 14.6 Å². The maximum absolute atomic E-state index is 9.56. The van der Waals surface area contributed by atoms with Crippen molar-refractivity contribution in [3.63, 3.8) is 0 Å². The van der Waals surface area contributed by atoms with Crippen molar-refractivity contribution in [1.29, 1.82) is 0 Å². The summed E-state index contributed by atoms with van der Waals surface area (Å²) < 4.78 is 11.4. The highest BCUT2D eigenvalue weighted by molar-refractivity contribution is 6.30. The molecular formula is C16H15ClO3. The summed E-state index contributed by atoms with van der Waals surface area (Å²) in [5.74, 6) is 1.72. The molecule has 0 saturated heterocycles. The minimum absolute atomic E-state index is 0.201. The van der Waals surface area contributed by atoms with Crippen LogP contribution in [0.5, 0.6) is 17.2 Å². The average molecular weight is 291 g/mol. The molecule has 0 saturated carbocycles. The maximum atomic E-state index is 9.56. The van der Waals surface area contributed by atoms with Gasteiger partial charge in [0, 0.05) is 23.1 Å². The van der Waals surface area contributed by atoms with Gasteiger partial charge in [-0.2, -0.15) is 0 Å². The Kier molecular flexibility index (Phi) is 3.45. The molecule has 2 aromatic rings. The predicted octanol–water partition coefficient (Wildman–Crippen LogP) is 3.87. The lowest BCUT2D eigenvalue weighted by Crippen LogP contribution is -1.99. The van der Waals surface area contributed by atoms with Crippen LogP contribution in [-0.4, -0.2) is 11.7 Å². The zero-order valence-electron chi connectivity index (χ0n) is 11.1. The van der Waals surface area contributed by atoms with Crippen molar-refractivity contribution >= 4 is 11.6 Å². The fourth-order valence-electron chi connectivity index (χ4n) is 2.43. The fourth-order valence-corrected chi connectivity index (χ4v) is 2.69. The van der Waals surface area contributed by atoms with Crippen LogP contribution in [0.15, 0.2) is 30.3 Å². The number of benzene rings is 2. The second-order valence-corrected chi connectivity index (χ2v) is 5.38. The van der Waals surface area contributed by atoms with Crippen molar-refractivity contribution < 1.29 is 14.6 Å². The number of phenolic OH excluding ortho intramolecular Hbond substituents is 1. The molecule has 3 nitrogen and oxygen atoms in total. The van der Waals surface area contributed by atoms with Gasteiger partial charge in [-0.1, -0.05) is 11.6 Å². The van der Waals surface area contributed by atoms with E-state index in [0.29, 0.717) is 24.0 Å². The van der Waals surface area contributed by atoms with Crippen LogP contribution in [0.1, 0.15) is 16.7 Å². The summed E-state index contributed by atoms with van der Waals surface area (Å²) in [5.41, 5.74) is 3.02. The number of aryl methyl sites for hydroxylation is 1. The van der Waals surface area contributed by atoms with Gasteiger partial charge in [0.05, 0.1) is 6.61 Å². The van der Waals surface area contributed by atoms with E-state index < -0.39 is 0 Å². The number of fused-ring (bicyclic) bond motifs is 1. The smallest absolute Gasteiger partial charge is 0.129 e. The first-order valence-electron chi connectivity index (χ1n) is 6.49. The lowest BCUT2D eigenvalue weighted by Gasteiger charge is -2.11. The molecule has 0 bridgehead atoms. The molecule has 1 heterocycles. The number of aromatic hydroxyl groups is 1. The van der Waals surface area contributed by atoms with Crippen molar-refractivity contribution in [3.8, 4) is 17.2 Å². The Morgan fingerprint density at radius 3 is 2.90 bits per heavy atom. The van der Waals surface area contributed by atoms with Gasteiger partial charge >= 0.3 is 0 Å². The number of rotatable bonds is 3. The summed E-state index contributed by atoms with van der Waals surface area (Å²) >= 11 is 6.11. The van der Waals surface area contributed by atoms with E-state index in [-0.39, 0.29) is 5.75 Å². The molecule has 0 atom stereocenters. The van der Waals surface area contributed by atoms with Gasteiger partial charge in [0.25, 0.3) is 0 Å². The maximum Gasteiger partial charge on any atom is 0.129 e. The van der Waals surface area contributed by atoms with E-state index in [1.807, 2.05) is 25.1 Å². The monoisotopic (exact) mass is 290 g/mol. The molecule has 1 N–H and O–H groups in total. The van der Waals surface area contributed by atoms with Gasteiger partial charge in [0.2, 0.25) is 0 Å². The van der Waals surface area contributed by atoms with Crippen LogP contribution in [0.3, 0.4) is 0 Å². The average Bonchev–Trinajstić information content (AvgIpc) is 2.82. The van der Waals surface area contributed by atoms with Crippen LogP contribution in [0.25, 0.3) is 0 Å². The molecule has 2 aromatic carbocycles. The third kappa shape index (κ3) is 2.68. The summed E-state index contributed by atoms with van der Waals surface area (Å²) in [6, 6.07) is 8.96. The first-order valence-corrected chi connectivity index (χ1v) is 6.87. The molecule has 104 valence electrons. The van der Waals surface area contributed by atoms with Crippen LogP contribution in [-0.2, 0) is 13.0 Å². The molecule has 0 aliphatic carbocycles. The van der Waals surface area contributed by atoms with Crippen molar-refractivity contribution in [2.45, 2.75) is 20.0 Å². The second-order valence-electron chi connectivity index (χ2n) is 4.94. The molecule has 20 heavy (non-hydrogen) atoms. The minimum atomic E-state index is 0.201. The Hall–Kier alpha value is -1.87. The topological polar surface area (TPSA) is 38.7 Å². The Morgan fingerprint density at radius 2 is 2.10 bits per heavy atom. The standard InChI is InChI=1S/C16H15ClO3/c1-10-4-14(18)8-15(5-10)20-9-12-7-13(17)6-11-2-3-19-16(11)12/h4-8,18H,2-3,9H2,1H3. The van der Waals surface area contributed by atoms with Crippen molar-refractivity contribution in [3.05, 3.63) is 52.0 Å². The number of halogens is 1. The van der Waals surface area contributed by atoms with Crippen molar-refractivity contribution in [1.82, 2.24) is 0 Å². The number of phenols is 1. The molecule has 0 unspecified atom stereocenters. The Balaban J connectivity index is 1.82. The molecule has 0 spiro atoms. The van der Waals surface area contributed by atoms with Crippen LogP contribution in [0.2, 0.25) is 5.02 Å². The molecule has 1 aliphatic rings. The first kappa shape index (κ1) is 13.1. The van der Waals surface area contributed by atoms with E-state index in [1.165, 1.54) is 0 Å². The summed E-state index contributed by atoms with van der Waals surface area (Å²) in [5, 5.41) is 10.3. The van der Waals surface area contributed by atoms with Crippen molar-refractivity contribution in [2.75, 3.05) is 6.61 Å². The highest BCUT2D eigenvalue weighted by Gasteiger charge is 2.18. The van der Waals surface area contributed by atoms with Gasteiger partial charge in [-0.15, -0.1) is 0 Å². The molecule has 0 amide bonds. The number of hydrogen-bond acceptors (Lipinski definition) is 3. The summed E-state index contributed by atoms with van der Waals surface area (Å²) in [4.78, 5) is 0. The van der Waals surface area contributed by atoms with E-state index in [0.717, 1.165) is 28.9 Å². The first-order chi connectivity index (χ1) is 9.61. The lowest BCUT2D eigenvalue weighted by molar-refractivity contribution is 0.290. The zero-order valence-corrected chi connectivity index (χ0v) is 11.9. The molecule has 3 rings (SSSR count). The Morgan fingerprint density at radius 1 is 1.25 bits per heavy atom. The minimum Gasteiger partial charge on any atom is -0.508 e. The van der Waals surface area contributed by atoms with Crippen LogP contribution < -0.4 is 9.47 Å². The molecule has 0 fully saturated rings. The summed E-state index contributed by atoms with van der Waals surface area (Å²) in [6.07, 6.45) is 0.883. The van der Waals surface area contributed by atoms with E-state index in [1.54, 1.807) is 12.1 Å². The normalized spacial score (nSPS) is 12.9. The zero-order chi connectivity index (χ0) is 14.1. The van der Waals surface area contributed by atoms with Crippen LogP contribution in [0.4, 0.5) is 0 Å². The quantitative estimate of drug-likeness (QED) is 0.932. The van der Waals surface area contributed by atoms with Crippen LogP contribution >= 0.6 is 11.6 Å². The number of ether oxygens (including phenoxy) is 2. The third-order valence-electron chi connectivity index (χ3n) is 3.26. The van der Waals surface area contributed by atoms with Gasteiger partial charge in [-0.3, -0.25) is 0 Å². The largest absolute Gasteiger partial charge is 0.508 e. The molecule has 1 aliphatic heterocycles. The highest BCUT2D eigenvalue weighted by Crippen LogP contribution is 2.33. The third-order valence-corrected chi connectivity index (χ3v) is 3.47.